The molecule has 1 fully saturated rings. The number of esters is 1. The lowest BCUT2D eigenvalue weighted by Gasteiger charge is -2.32. The van der Waals surface area contributed by atoms with Gasteiger partial charge in [0.15, 0.2) is 0 Å². The second-order valence-corrected chi connectivity index (χ2v) is 6.89. The molecular weight excluding hydrogens is 324 g/mol. The molecular formula is C18H22N2O3S. The Labute approximate surface area is 146 Å². The molecule has 24 heavy (non-hydrogen) atoms. The summed E-state index contributed by atoms with van der Waals surface area (Å²) < 4.78 is 10.8. The Balaban J connectivity index is 1.50. The fraction of sp³-hybridized carbons (Fsp3) is 0.444. The molecule has 0 amide bonds. The van der Waals surface area contributed by atoms with Crippen molar-refractivity contribution in [2.24, 2.45) is 0 Å². The number of pyridine rings is 1. The second kappa shape index (κ2) is 8.37. The first-order chi connectivity index (χ1) is 11.7. The first-order valence-electron chi connectivity index (χ1n) is 8.13. The van der Waals surface area contributed by atoms with Gasteiger partial charge in [0.1, 0.15) is 4.88 Å². The smallest absolute Gasteiger partial charge is 0.348 e. The molecule has 0 radical (unpaired) electrons. The number of carbonyl (C=O) groups is 1. The molecule has 1 aliphatic rings. The lowest BCUT2D eigenvalue weighted by molar-refractivity contribution is -0.0121. The number of likely N-dealkylation sites (tertiary alicyclic amines) is 1. The topological polar surface area (TPSA) is 51.7 Å². The largest absolute Gasteiger partial charge is 0.465 e. The summed E-state index contributed by atoms with van der Waals surface area (Å²) in [6.45, 7) is 3.44. The van der Waals surface area contributed by atoms with E-state index >= 15 is 0 Å². The van der Waals surface area contributed by atoms with E-state index in [2.05, 4.69) is 9.88 Å². The normalized spacial score (nSPS) is 18.5. The van der Waals surface area contributed by atoms with E-state index in [1.54, 1.807) is 6.20 Å². The highest BCUT2D eigenvalue weighted by atomic mass is 32.1. The van der Waals surface area contributed by atoms with Crippen LogP contribution in [0, 0.1) is 0 Å². The minimum atomic E-state index is -0.262. The number of hydrogen-bond donors (Lipinski definition) is 0. The van der Waals surface area contributed by atoms with E-state index in [1.807, 2.05) is 29.8 Å². The van der Waals surface area contributed by atoms with Crippen LogP contribution < -0.4 is 0 Å². The Kier molecular flexibility index (Phi) is 5.96. The number of carbonyl (C=O) groups excluding carboxylic acids is 1. The average Bonchev–Trinajstić information content (AvgIpc) is 3.09. The molecule has 0 aliphatic carbocycles. The maximum atomic E-state index is 11.5. The summed E-state index contributed by atoms with van der Waals surface area (Å²) in [6, 6.07) is 5.89. The third-order valence-electron chi connectivity index (χ3n) is 4.12. The summed E-state index contributed by atoms with van der Waals surface area (Å²) in [6.07, 6.45) is 6.09. The van der Waals surface area contributed by atoms with E-state index in [-0.39, 0.29) is 12.1 Å². The van der Waals surface area contributed by atoms with Crippen molar-refractivity contribution in [1.82, 2.24) is 9.88 Å². The molecule has 1 aliphatic heterocycles. The Bertz CT molecular complexity index is 659. The van der Waals surface area contributed by atoms with Gasteiger partial charge >= 0.3 is 5.97 Å². The molecule has 6 heteroatoms. The van der Waals surface area contributed by atoms with Crippen LogP contribution >= 0.6 is 11.3 Å². The van der Waals surface area contributed by atoms with Gasteiger partial charge in [0.05, 0.1) is 19.8 Å². The summed E-state index contributed by atoms with van der Waals surface area (Å²) in [7, 11) is 1.41. The molecule has 3 rings (SSSR count). The number of nitrogens with zero attached hydrogens (tertiary/aromatic N) is 2. The monoisotopic (exact) mass is 346 g/mol. The lowest BCUT2D eigenvalue weighted by atomic mass is 10.1. The number of rotatable bonds is 6. The van der Waals surface area contributed by atoms with Gasteiger partial charge in [0, 0.05) is 25.5 Å². The van der Waals surface area contributed by atoms with Crippen LogP contribution in [0.15, 0.2) is 36.0 Å². The van der Waals surface area contributed by atoms with Crippen molar-refractivity contribution in [1.29, 1.82) is 0 Å². The van der Waals surface area contributed by atoms with E-state index in [0.29, 0.717) is 11.5 Å². The van der Waals surface area contributed by atoms with Crippen molar-refractivity contribution in [2.75, 3.05) is 20.2 Å². The second-order valence-electron chi connectivity index (χ2n) is 5.98. The van der Waals surface area contributed by atoms with Crippen LogP contribution in [0.25, 0.3) is 0 Å². The number of methoxy groups -OCH3 is 1. The van der Waals surface area contributed by atoms with Gasteiger partial charge in [0.2, 0.25) is 0 Å². The SMILES string of the molecule is COC(=O)c1cc(CN2CCC[C@H](OCc3cccnc3)C2)cs1. The molecule has 0 spiro atoms. The fourth-order valence-electron chi connectivity index (χ4n) is 2.91. The molecule has 2 aromatic rings. The lowest BCUT2D eigenvalue weighted by Crippen LogP contribution is -2.39. The van der Waals surface area contributed by atoms with Crippen LogP contribution in [-0.4, -0.2) is 42.2 Å². The predicted octanol–water partition coefficient (Wildman–Crippen LogP) is 3.11. The van der Waals surface area contributed by atoms with Crippen LogP contribution in [0.1, 0.15) is 33.6 Å². The Morgan fingerprint density at radius 3 is 3.17 bits per heavy atom. The summed E-state index contributed by atoms with van der Waals surface area (Å²) in [4.78, 5) is 18.7. The third kappa shape index (κ3) is 4.63. The maximum absolute atomic E-state index is 11.5. The molecule has 0 aromatic carbocycles. The van der Waals surface area contributed by atoms with E-state index in [1.165, 1.54) is 18.4 Å². The first kappa shape index (κ1) is 17.1. The fourth-order valence-corrected chi connectivity index (χ4v) is 3.73. The third-order valence-corrected chi connectivity index (χ3v) is 5.08. The summed E-state index contributed by atoms with van der Waals surface area (Å²) >= 11 is 1.44. The van der Waals surface area contributed by atoms with Crippen molar-refractivity contribution in [3.63, 3.8) is 0 Å². The zero-order valence-electron chi connectivity index (χ0n) is 13.8. The van der Waals surface area contributed by atoms with Crippen molar-refractivity contribution in [2.45, 2.75) is 32.1 Å². The molecule has 1 atom stereocenters. The van der Waals surface area contributed by atoms with Gasteiger partial charge in [-0.2, -0.15) is 0 Å². The maximum Gasteiger partial charge on any atom is 0.348 e. The zero-order valence-corrected chi connectivity index (χ0v) is 14.6. The molecule has 0 unspecified atom stereocenters. The van der Waals surface area contributed by atoms with Crippen molar-refractivity contribution >= 4 is 17.3 Å². The van der Waals surface area contributed by atoms with Gasteiger partial charge in [-0.25, -0.2) is 4.79 Å². The Hall–Kier alpha value is -1.76. The van der Waals surface area contributed by atoms with Crippen molar-refractivity contribution in [3.8, 4) is 0 Å². The number of thiophene rings is 1. The van der Waals surface area contributed by atoms with Gasteiger partial charge in [-0.15, -0.1) is 11.3 Å². The summed E-state index contributed by atoms with van der Waals surface area (Å²) in [5.74, 6) is -0.262. The summed E-state index contributed by atoms with van der Waals surface area (Å²) in [5, 5.41) is 2.03. The van der Waals surface area contributed by atoms with Crippen molar-refractivity contribution < 1.29 is 14.3 Å². The molecule has 5 nitrogen and oxygen atoms in total. The minimum absolute atomic E-state index is 0.248. The van der Waals surface area contributed by atoms with Gasteiger partial charge in [0.25, 0.3) is 0 Å². The highest BCUT2D eigenvalue weighted by molar-refractivity contribution is 7.12. The predicted molar refractivity (Wildman–Crippen MR) is 93.0 cm³/mol. The zero-order chi connectivity index (χ0) is 16.8. The van der Waals surface area contributed by atoms with Crippen LogP contribution in [0.5, 0.6) is 0 Å². The van der Waals surface area contributed by atoms with Gasteiger partial charge in [-0.1, -0.05) is 6.07 Å². The highest BCUT2D eigenvalue weighted by Gasteiger charge is 2.21. The van der Waals surface area contributed by atoms with Gasteiger partial charge < -0.3 is 9.47 Å². The van der Waals surface area contributed by atoms with E-state index in [0.717, 1.165) is 43.6 Å². The van der Waals surface area contributed by atoms with Crippen LogP contribution in [-0.2, 0) is 22.6 Å². The molecule has 2 aromatic heterocycles. The quantitative estimate of drug-likeness (QED) is 0.752. The number of aromatic nitrogens is 1. The van der Waals surface area contributed by atoms with Crippen molar-refractivity contribution in [3.05, 3.63) is 52.0 Å². The average molecular weight is 346 g/mol. The minimum Gasteiger partial charge on any atom is -0.465 e. The number of ether oxygens (including phenoxy) is 2. The standard InChI is InChI=1S/C18H22N2O3S/c1-22-18(21)17-8-15(13-24-17)10-20-7-3-5-16(11-20)23-12-14-4-2-6-19-9-14/h2,4,6,8-9,13,16H,3,5,7,10-12H2,1H3/t16-/m0/s1. The highest BCUT2D eigenvalue weighted by Crippen LogP contribution is 2.21. The molecule has 1 saturated heterocycles. The molecule has 3 heterocycles. The van der Waals surface area contributed by atoms with Crippen LogP contribution in [0.4, 0.5) is 0 Å². The number of hydrogen-bond acceptors (Lipinski definition) is 6. The van der Waals surface area contributed by atoms with Gasteiger partial charge in [-0.05, 0) is 48.0 Å². The molecule has 128 valence electrons. The van der Waals surface area contributed by atoms with E-state index in [9.17, 15) is 4.79 Å². The molecule has 0 bridgehead atoms. The number of piperidine rings is 1. The summed E-state index contributed by atoms with van der Waals surface area (Å²) in [5.41, 5.74) is 2.27. The molecule has 0 N–H and O–H groups in total. The molecule has 0 saturated carbocycles. The van der Waals surface area contributed by atoms with Crippen LogP contribution in [0.2, 0.25) is 0 Å². The first-order valence-corrected chi connectivity index (χ1v) is 9.01. The van der Waals surface area contributed by atoms with Crippen LogP contribution in [0.3, 0.4) is 0 Å². The van der Waals surface area contributed by atoms with E-state index in [4.69, 9.17) is 9.47 Å². The van der Waals surface area contributed by atoms with E-state index < -0.39 is 0 Å². The Morgan fingerprint density at radius 2 is 2.38 bits per heavy atom. The Morgan fingerprint density at radius 1 is 1.46 bits per heavy atom. The van der Waals surface area contributed by atoms with Gasteiger partial charge in [-0.3, -0.25) is 9.88 Å².